The zero-order valence-corrected chi connectivity index (χ0v) is 36.1. The van der Waals surface area contributed by atoms with Gasteiger partial charge in [0.05, 0.1) is 5.41 Å². The molecule has 0 nitrogen and oxygen atoms in total. The second-order valence-electron chi connectivity index (χ2n) is 19.1. The minimum Gasteiger partial charge on any atom is -0.103 e. The second kappa shape index (κ2) is 14.9. The number of fused-ring (bicyclic) bond motifs is 6. The zero-order chi connectivity index (χ0) is 40.9. The lowest BCUT2D eigenvalue weighted by atomic mass is 9.57. The second-order valence-corrected chi connectivity index (χ2v) is 19.1. The molecule has 57 heavy (non-hydrogen) atoms. The lowest BCUT2D eigenvalue weighted by Crippen LogP contribution is -2.38. The molecule has 0 aliphatic heterocycles. The highest BCUT2D eigenvalue weighted by molar-refractivity contribution is 5.86. The molecular formula is C57H62. The first kappa shape index (κ1) is 40.0. The number of allylic oxidation sites excluding steroid dienone is 7. The molecule has 0 aromatic heterocycles. The average molecular weight is 747 g/mol. The SMILES string of the molecule is C=CCC1(C)Cc2ccccc2-c2cc(-c3cc(C(C)(C)C)cc(C(C)(C)C)c3)cc(c2)-c2cccc(C(C(=C)C=C)(C3=C(C)C=CCC3)c3ccccc3C)c21. The van der Waals surface area contributed by atoms with E-state index < -0.39 is 5.41 Å². The molecule has 2 unspecified atom stereocenters. The van der Waals surface area contributed by atoms with Crippen LogP contribution in [0.15, 0.2) is 164 Å². The lowest BCUT2D eigenvalue weighted by molar-refractivity contribution is 0.465. The van der Waals surface area contributed by atoms with Crippen molar-refractivity contribution in [2.24, 2.45) is 0 Å². The number of hydrogen-bond acceptors (Lipinski definition) is 0. The van der Waals surface area contributed by atoms with Gasteiger partial charge in [0.2, 0.25) is 0 Å². The molecule has 0 N–H and O–H groups in total. The smallest absolute Gasteiger partial charge is 0.0666 e. The zero-order valence-electron chi connectivity index (χ0n) is 36.1. The molecule has 2 bridgehead atoms. The Morgan fingerprint density at radius 1 is 0.684 bits per heavy atom. The fraction of sp³-hybridized carbons (Fsp3) is 0.298. The van der Waals surface area contributed by atoms with Gasteiger partial charge in [0.25, 0.3) is 0 Å². The van der Waals surface area contributed by atoms with Crippen LogP contribution in [0.1, 0.15) is 114 Å². The van der Waals surface area contributed by atoms with Crippen molar-refractivity contribution < 1.29 is 0 Å². The number of aryl methyl sites for hydroxylation is 1. The van der Waals surface area contributed by atoms with Gasteiger partial charge in [-0.1, -0.05) is 176 Å². The van der Waals surface area contributed by atoms with Crippen molar-refractivity contribution in [2.45, 2.75) is 110 Å². The standard InChI is InChI=1S/C57H62/c1-13-30-56(12)37-41-24-17-18-25-48(41)44-31-42(43-34-46(54(6,7)8)36-47(35-43)55(9,10)11)32-45(33-44)49-26-21-29-52(53(49)56)57(40(5)14-2,50-27-19-15-22-38(50)3)51-28-20-16-23-39(51)4/h13-19,21-27,29,31-36H,1-2,5,20,28,30,37H2,3-4,6-12H3. The summed E-state index contributed by atoms with van der Waals surface area (Å²) in [7, 11) is 0. The van der Waals surface area contributed by atoms with Gasteiger partial charge in [-0.25, -0.2) is 0 Å². The van der Waals surface area contributed by atoms with E-state index in [9.17, 15) is 0 Å². The first-order valence-corrected chi connectivity index (χ1v) is 20.9. The third kappa shape index (κ3) is 7.07. The van der Waals surface area contributed by atoms with E-state index in [0.717, 1.165) is 31.3 Å². The molecule has 0 saturated heterocycles. The summed E-state index contributed by atoms with van der Waals surface area (Å²) < 4.78 is 0. The molecule has 5 aromatic rings. The van der Waals surface area contributed by atoms with Crippen molar-refractivity contribution in [3.63, 3.8) is 0 Å². The summed E-state index contributed by atoms with van der Waals surface area (Å²) in [5.41, 5.74) is 19.6. The molecule has 0 radical (unpaired) electrons. The molecule has 0 saturated carbocycles. The summed E-state index contributed by atoms with van der Waals surface area (Å²) >= 11 is 0. The summed E-state index contributed by atoms with van der Waals surface area (Å²) in [4.78, 5) is 0. The Morgan fingerprint density at radius 3 is 1.89 bits per heavy atom. The topological polar surface area (TPSA) is 0 Å². The van der Waals surface area contributed by atoms with Crippen LogP contribution < -0.4 is 0 Å². The van der Waals surface area contributed by atoms with E-state index in [4.69, 9.17) is 6.58 Å². The van der Waals surface area contributed by atoms with Crippen LogP contribution in [0.3, 0.4) is 0 Å². The van der Waals surface area contributed by atoms with Crippen molar-refractivity contribution in [3.05, 3.63) is 203 Å². The molecule has 5 aromatic carbocycles. The van der Waals surface area contributed by atoms with Crippen LogP contribution in [0.5, 0.6) is 0 Å². The molecule has 0 heteroatoms. The Labute approximate surface area is 344 Å². The van der Waals surface area contributed by atoms with Crippen molar-refractivity contribution in [1.29, 1.82) is 0 Å². The monoisotopic (exact) mass is 746 g/mol. The van der Waals surface area contributed by atoms with Crippen molar-refractivity contribution in [2.75, 3.05) is 0 Å². The van der Waals surface area contributed by atoms with E-state index in [-0.39, 0.29) is 16.2 Å². The summed E-state index contributed by atoms with van der Waals surface area (Å²) in [6.45, 7) is 34.8. The normalized spacial score (nSPS) is 17.7. The lowest BCUT2D eigenvalue weighted by Gasteiger charge is -2.46. The summed E-state index contributed by atoms with van der Waals surface area (Å²) in [5, 5.41) is 0. The average Bonchev–Trinajstić information content (AvgIpc) is 3.20. The molecule has 0 heterocycles. The molecular weight excluding hydrogens is 685 g/mol. The van der Waals surface area contributed by atoms with E-state index in [2.05, 4.69) is 197 Å². The minimum atomic E-state index is -0.633. The van der Waals surface area contributed by atoms with Gasteiger partial charge in [-0.15, -0.1) is 6.58 Å². The Balaban J connectivity index is 1.67. The number of hydrogen-bond donors (Lipinski definition) is 0. The highest BCUT2D eigenvalue weighted by Crippen LogP contribution is 2.56. The molecule has 2 aliphatic carbocycles. The summed E-state index contributed by atoms with van der Waals surface area (Å²) in [5.74, 6) is 0. The molecule has 2 atom stereocenters. The van der Waals surface area contributed by atoms with Gasteiger partial charge in [-0.2, -0.15) is 0 Å². The highest BCUT2D eigenvalue weighted by atomic mass is 14.5. The van der Waals surface area contributed by atoms with E-state index in [1.807, 2.05) is 6.08 Å². The third-order valence-corrected chi connectivity index (χ3v) is 13.0. The van der Waals surface area contributed by atoms with Gasteiger partial charge < -0.3 is 0 Å². The van der Waals surface area contributed by atoms with Gasteiger partial charge >= 0.3 is 0 Å². The van der Waals surface area contributed by atoms with Crippen LogP contribution in [-0.2, 0) is 28.1 Å². The number of benzene rings is 5. The van der Waals surface area contributed by atoms with Crippen molar-refractivity contribution in [1.82, 2.24) is 0 Å². The first-order chi connectivity index (χ1) is 27.0. The van der Waals surface area contributed by atoms with E-state index in [1.165, 1.54) is 83.5 Å². The van der Waals surface area contributed by atoms with Crippen LogP contribution in [0.4, 0.5) is 0 Å². The van der Waals surface area contributed by atoms with Crippen molar-refractivity contribution >= 4 is 0 Å². The van der Waals surface area contributed by atoms with Gasteiger partial charge in [-0.3, -0.25) is 0 Å². The van der Waals surface area contributed by atoms with E-state index in [0.29, 0.717) is 0 Å². The third-order valence-electron chi connectivity index (χ3n) is 13.0. The van der Waals surface area contributed by atoms with Crippen LogP contribution in [0.25, 0.3) is 33.4 Å². The van der Waals surface area contributed by atoms with Crippen LogP contribution in [0, 0.1) is 6.92 Å². The van der Waals surface area contributed by atoms with Crippen LogP contribution >= 0.6 is 0 Å². The Hall–Kier alpha value is -5.20. The minimum absolute atomic E-state index is 0.00748. The summed E-state index contributed by atoms with van der Waals surface area (Å²) in [6.07, 6.45) is 12.4. The number of rotatable bonds is 8. The van der Waals surface area contributed by atoms with E-state index >= 15 is 0 Å². The predicted octanol–water partition coefficient (Wildman–Crippen LogP) is 15.7. The fourth-order valence-electron chi connectivity index (χ4n) is 9.90. The Morgan fingerprint density at radius 2 is 1.26 bits per heavy atom. The fourth-order valence-corrected chi connectivity index (χ4v) is 9.90. The van der Waals surface area contributed by atoms with Crippen LogP contribution in [0.2, 0.25) is 0 Å². The van der Waals surface area contributed by atoms with Gasteiger partial charge in [0.1, 0.15) is 0 Å². The molecule has 290 valence electrons. The molecule has 0 amide bonds. The van der Waals surface area contributed by atoms with Gasteiger partial charge in [0.15, 0.2) is 0 Å². The quantitative estimate of drug-likeness (QED) is 0.110. The van der Waals surface area contributed by atoms with Gasteiger partial charge in [-0.05, 0) is 152 Å². The van der Waals surface area contributed by atoms with Gasteiger partial charge in [0, 0.05) is 5.41 Å². The summed E-state index contributed by atoms with van der Waals surface area (Å²) in [6, 6.07) is 39.8. The molecule has 0 spiro atoms. The maximum Gasteiger partial charge on any atom is 0.0666 e. The maximum absolute atomic E-state index is 4.93. The van der Waals surface area contributed by atoms with E-state index in [1.54, 1.807) is 0 Å². The van der Waals surface area contributed by atoms with Crippen molar-refractivity contribution in [3.8, 4) is 33.4 Å². The largest absolute Gasteiger partial charge is 0.103 e. The predicted molar refractivity (Wildman–Crippen MR) is 248 cm³/mol. The molecule has 2 aliphatic rings. The highest BCUT2D eigenvalue weighted by Gasteiger charge is 2.46. The van der Waals surface area contributed by atoms with Crippen LogP contribution in [-0.4, -0.2) is 0 Å². The maximum atomic E-state index is 4.93. The first-order valence-electron chi connectivity index (χ1n) is 20.9. The molecule has 7 rings (SSSR count). The Bertz CT molecular complexity index is 2430. The Kier molecular flexibility index (Phi) is 10.5. The molecule has 0 fully saturated rings.